The standard InChI is InChI=1S/C23H22N6O6/c1-33-23(32)35-14-34-18-10-6-5-9-16(18)28-29-17-11-12-19(27-21(17)24)26-20(30)13-25-22(31)15-7-3-2-4-8-15/h2-12H,13-14H2,1H3,(H,25,31)(H3,24,26,27,30). The fraction of sp³-hybridized carbons (Fsp3) is 0.130. The van der Waals surface area contributed by atoms with Gasteiger partial charge in [-0.2, -0.15) is 0 Å². The smallest absolute Gasteiger partial charge is 0.455 e. The number of aromatic nitrogens is 1. The van der Waals surface area contributed by atoms with Crippen molar-refractivity contribution in [2.75, 3.05) is 31.5 Å². The second kappa shape index (κ2) is 12.3. The van der Waals surface area contributed by atoms with Crippen molar-refractivity contribution in [2.24, 2.45) is 10.2 Å². The number of carbonyl (C=O) groups excluding carboxylic acids is 3. The molecular weight excluding hydrogens is 456 g/mol. The number of methoxy groups -OCH3 is 1. The molecule has 0 unspecified atom stereocenters. The van der Waals surface area contributed by atoms with Gasteiger partial charge in [-0.1, -0.05) is 30.3 Å². The Hall–Kier alpha value is -5.00. The Morgan fingerprint density at radius 1 is 0.943 bits per heavy atom. The van der Waals surface area contributed by atoms with E-state index < -0.39 is 12.1 Å². The number of para-hydroxylation sites is 1. The number of anilines is 2. The zero-order valence-corrected chi connectivity index (χ0v) is 18.6. The summed E-state index contributed by atoms with van der Waals surface area (Å²) in [5, 5.41) is 13.2. The third-order valence-corrected chi connectivity index (χ3v) is 4.30. The molecule has 1 heterocycles. The molecule has 3 aromatic rings. The predicted octanol–water partition coefficient (Wildman–Crippen LogP) is 3.57. The molecule has 2 aromatic carbocycles. The molecule has 0 radical (unpaired) electrons. The third kappa shape index (κ3) is 7.53. The number of azo groups is 1. The topological polar surface area (TPSA) is 167 Å². The van der Waals surface area contributed by atoms with Gasteiger partial charge in [-0.05, 0) is 36.4 Å². The molecule has 0 atom stereocenters. The first-order valence-electron chi connectivity index (χ1n) is 10.2. The Balaban J connectivity index is 1.57. The number of ether oxygens (including phenoxy) is 3. The van der Waals surface area contributed by atoms with Crippen LogP contribution < -0.4 is 21.1 Å². The fourth-order valence-corrected chi connectivity index (χ4v) is 2.63. The minimum Gasteiger partial charge on any atom is -0.455 e. The summed E-state index contributed by atoms with van der Waals surface area (Å²) in [5.74, 6) is -0.328. The summed E-state index contributed by atoms with van der Waals surface area (Å²) in [7, 11) is 1.18. The van der Waals surface area contributed by atoms with Crippen LogP contribution in [-0.4, -0.2) is 43.4 Å². The van der Waals surface area contributed by atoms with Crippen LogP contribution in [0.2, 0.25) is 0 Å². The van der Waals surface area contributed by atoms with Crippen LogP contribution in [0.15, 0.2) is 77.0 Å². The van der Waals surface area contributed by atoms with Gasteiger partial charge >= 0.3 is 6.16 Å². The van der Waals surface area contributed by atoms with Crippen molar-refractivity contribution in [1.82, 2.24) is 10.3 Å². The number of pyridine rings is 1. The van der Waals surface area contributed by atoms with Crippen LogP contribution in [0, 0.1) is 0 Å². The lowest BCUT2D eigenvalue weighted by Crippen LogP contribution is -2.33. The van der Waals surface area contributed by atoms with Crippen LogP contribution in [0.1, 0.15) is 10.4 Å². The summed E-state index contributed by atoms with van der Waals surface area (Å²) in [5.41, 5.74) is 6.99. The van der Waals surface area contributed by atoms with Crippen molar-refractivity contribution in [1.29, 1.82) is 0 Å². The predicted molar refractivity (Wildman–Crippen MR) is 126 cm³/mol. The number of benzene rings is 2. The van der Waals surface area contributed by atoms with E-state index in [1.807, 2.05) is 0 Å². The number of amides is 2. The number of rotatable bonds is 9. The molecule has 0 bridgehead atoms. The van der Waals surface area contributed by atoms with Crippen molar-refractivity contribution in [2.45, 2.75) is 0 Å². The Morgan fingerprint density at radius 3 is 2.40 bits per heavy atom. The molecule has 3 rings (SSSR count). The molecule has 0 aliphatic carbocycles. The maximum atomic E-state index is 12.1. The van der Waals surface area contributed by atoms with E-state index in [1.165, 1.54) is 19.2 Å². The highest BCUT2D eigenvalue weighted by Crippen LogP contribution is 2.30. The number of hydrogen-bond acceptors (Lipinski definition) is 10. The molecule has 0 saturated carbocycles. The maximum Gasteiger partial charge on any atom is 0.510 e. The number of nitrogens with one attached hydrogen (secondary N) is 2. The summed E-state index contributed by atoms with van der Waals surface area (Å²) in [6, 6.07) is 18.2. The lowest BCUT2D eigenvalue weighted by atomic mass is 10.2. The zero-order chi connectivity index (χ0) is 25.0. The highest BCUT2D eigenvalue weighted by atomic mass is 16.8. The first-order chi connectivity index (χ1) is 17.0. The van der Waals surface area contributed by atoms with Crippen molar-refractivity contribution in [3.63, 3.8) is 0 Å². The number of nitrogens with zero attached hydrogens (tertiary/aromatic N) is 3. The molecule has 12 nitrogen and oxygen atoms in total. The van der Waals surface area contributed by atoms with E-state index >= 15 is 0 Å². The van der Waals surface area contributed by atoms with Crippen molar-refractivity contribution in [3.8, 4) is 5.75 Å². The van der Waals surface area contributed by atoms with Gasteiger partial charge in [0.1, 0.15) is 17.2 Å². The summed E-state index contributed by atoms with van der Waals surface area (Å²) >= 11 is 0. The molecule has 0 fully saturated rings. The molecule has 2 amide bonds. The van der Waals surface area contributed by atoms with E-state index in [-0.39, 0.29) is 36.6 Å². The molecule has 0 saturated heterocycles. The van der Waals surface area contributed by atoms with E-state index in [2.05, 4.69) is 35.3 Å². The normalized spacial score (nSPS) is 10.4. The van der Waals surface area contributed by atoms with Gasteiger partial charge < -0.3 is 30.6 Å². The monoisotopic (exact) mass is 478 g/mol. The first kappa shape index (κ1) is 24.6. The third-order valence-electron chi connectivity index (χ3n) is 4.30. The van der Waals surface area contributed by atoms with Gasteiger partial charge in [0.25, 0.3) is 5.91 Å². The fourth-order valence-electron chi connectivity index (χ4n) is 2.63. The molecule has 12 heteroatoms. The summed E-state index contributed by atoms with van der Waals surface area (Å²) < 4.78 is 14.4. The molecule has 0 spiro atoms. The molecule has 1 aromatic heterocycles. The van der Waals surface area contributed by atoms with E-state index in [4.69, 9.17) is 10.5 Å². The Morgan fingerprint density at radius 2 is 1.66 bits per heavy atom. The quantitative estimate of drug-likeness (QED) is 0.238. The van der Waals surface area contributed by atoms with Gasteiger partial charge in [0, 0.05) is 5.56 Å². The highest BCUT2D eigenvalue weighted by Gasteiger charge is 2.10. The average molecular weight is 478 g/mol. The van der Waals surface area contributed by atoms with Gasteiger partial charge in [0.15, 0.2) is 11.6 Å². The zero-order valence-electron chi connectivity index (χ0n) is 18.6. The molecular formula is C23H22N6O6. The van der Waals surface area contributed by atoms with Gasteiger partial charge in [-0.3, -0.25) is 9.59 Å². The summed E-state index contributed by atoms with van der Waals surface area (Å²) in [6.45, 7) is -0.615. The van der Waals surface area contributed by atoms with E-state index in [0.29, 0.717) is 17.0 Å². The van der Waals surface area contributed by atoms with Crippen LogP contribution in [-0.2, 0) is 14.3 Å². The minimum absolute atomic E-state index is 0.0206. The highest BCUT2D eigenvalue weighted by molar-refractivity contribution is 5.99. The second-order valence-corrected chi connectivity index (χ2v) is 6.73. The summed E-state index contributed by atoms with van der Waals surface area (Å²) in [6.07, 6.45) is -0.881. The van der Waals surface area contributed by atoms with Crippen LogP contribution in [0.25, 0.3) is 0 Å². The van der Waals surface area contributed by atoms with E-state index in [1.54, 1.807) is 54.6 Å². The number of carbonyl (C=O) groups is 3. The minimum atomic E-state index is -0.881. The molecule has 0 aliphatic heterocycles. The van der Waals surface area contributed by atoms with Crippen LogP contribution in [0.4, 0.5) is 27.8 Å². The van der Waals surface area contributed by atoms with Gasteiger partial charge in [0.2, 0.25) is 12.7 Å². The Kier molecular flexibility index (Phi) is 8.66. The van der Waals surface area contributed by atoms with Crippen LogP contribution in [0.3, 0.4) is 0 Å². The van der Waals surface area contributed by atoms with Crippen molar-refractivity contribution >= 4 is 41.0 Å². The Labute approximate surface area is 200 Å². The van der Waals surface area contributed by atoms with Gasteiger partial charge in [-0.15, -0.1) is 10.2 Å². The number of nitrogens with two attached hydrogens (primary N) is 1. The number of nitrogen functional groups attached to an aromatic ring is 1. The molecule has 35 heavy (non-hydrogen) atoms. The lowest BCUT2D eigenvalue weighted by Gasteiger charge is -2.08. The summed E-state index contributed by atoms with van der Waals surface area (Å²) in [4.78, 5) is 39.3. The van der Waals surface area contributed by atoms with Gasteiger partial charge in [0.05, 0.1) is 13.7 Å². The van der Waals surface area contributed by atoms with Crippen LogP contribution >= 0.6 is 0 Å². The van der Waals surface area contributed by atoms with E-state index in [0.717, 1.165) is 0 Å². The second-order valence-electron chi connectivity index (χ2n) is 6.73. The number of hydrogen-bond donors (Lipinski definition) is 3. The largest absolute Gasteiger partial charge is 0.510 e. The Bertz CT molecular complexity index is 1220. The SMILES string of the molecule is COC(=O)OCOc1ccccc1N=Nc1ccc(NC(=O)CNC(=O)c2ccccc2)nc1N. The molecule has 4 N–H and O–H groups in total. The first-order valence-corrected chi connectivity index (χ1v) is 10.2. The lowest BCUT2D eigenvalue weighted by molar-refractivity contribution is -0.115. The van der Waals surface area contributed by atoms with E-state index in [9.17, 15) is 14.4 Å². The van der Waals surface area contributed by atoms with Gasteiger partial charge in [-0.25, -0.2) is 9.78 Å². The molecule has 180 valence electrons. The molecule has 0 aliphatic rings. The van der Waals surface area contributed by atoms with Crippen LogP contribution in [0.5, 0.6) is 5.75 Å². The van der Waals surface area contributed by atoms with Crippen molar-refractivity contribution in [3.05, 3.63) is 72.3 Å². The van der Waals surface area contributed by atoms with Crippen molar-refractivity contribution < 1.29 is 28.6 Å². The maximum absolute atomic E-state index is 12.1. The average Bonchev–Trinajstić information content (AvgIpc) is 2.88.